The first kappa shape index (κ1) is 20.6. The van der Waals surface area contributed by atoms with Gasteiger partial charge in [0.05, 0.1) is 17.3 Å². The second-order valence-corrected chi connectivity index (χ2v) is 11.3. The number of rotatable bonds is 7. The van der Waals surface area contributed by atoms with E-state index in [2.05, 4.69) is 0 Å². The number of hydrogen-bond acceptors (Lipinski definition) is 5. The number of unbranched alkanes of at least 4 members (excludes halogenated alkanes) is 1. The molecule has 0 bridgehead atoms. The summed E-state index contributed by atoms with van der Waals surface area (Å²) >= 11 is 0. The zero-order valence-corrected chi connectivity index (χ0v) is 16.8. The van der Waals surface area contributed by atoms with Crippen LogP contribution in [0.25, 0.3) is 0 Å². The van der Waals surface area contributed by atoms with Gasteiger partial charge in [0.2, 0.25) is 15.9 Å². The van der Waals surface area contributed by atoms with E-state index in [9.17, 15) is 21.6 Å². The van der Waals surface area contributed by atoms with Crippen LogP contribution in [0, 0.1) is 5.92 Å². The zero-order chi connectivity index (χ0) is 18.7. The van der Waals surface area contributed by atoms with Crippen molar-refractivity contribution in [1.82, 2.24) is 9.21 Å². The maximum atomic E-state index is 12.8. The molecule has 0 aromatic carbocycles. The molecule has 0 N–H and O–H groups in total. The molecule has 1 amide bonds. The number of amides is 1. The Labute approximate surface area is 151 Å². The van der Waals surface area contributed by atoms with Gasteiger partial charge in [-0.2, -0.15) is 0 Å². The van der Waals surface area contributed by atoms with Crippen molar-refractivity contribution in [2.24, 2.45) is 5.92 Å². The van der Waals surface area contributed by atoms with Gasteiger partial charge in [0.15, 0.2) is 9.84 Å². The highest BCUT2D eigenvalue weighted by atomic mass is 32.2. The van der Waals surface area contributed by atoms with Crippen LogP contribution in [0.3, 0.4) is 0 Å². The van der Waals surface area contributed by atoms with Crippen LogP contribution in [0.2, 0.25) is 0 Å². The lowest BCUT2D eigenvalue weighted by Gasteiger charge is -2.35. The SMILES string of the molecule is CCCCS(=O)(=O)N1CCC(C(=O)N(CC)C2CCS(=O)(=O)C2)CC1. The molecule has 0 spiro atoms. The minimum absolute atomic E-state index is 0.0183. The average molecular weight is 395 g/mol. The lowest BCUT2D eigenvalue weighted by atomic mass is 9.95. The van der Waals surface area contributed by atoms with E-state index in [4.69, 9.17) is 0 Å². The molecule has 0 aliphatic carbocycles. The largest absolute Gasteiger partial charge is 0.339 e. The van der Waals surface area contributed by atoms with E-state index in [0.717, 1.165) is 6.42 Å². The fourth-order valence-electron chi connectivity index (χ4n) is 3.69. The third-order valence-corrected chi connectivity index (χ3v) is 8.93. The average Bonchev–Trinajstić information content (AvgIpc) is 2.93. The highest BCUT2D eigenvalue weighted by Gasteiger charge is 2.38. The molecule has 2 fully saturated rings. The number of hydrogen-bond donors (Lipinski definition) is 0. The Morgan fingerprint density at radius 1 is 1.16 bits per heavy atom. The van der Waals surface area contributed by atoms with Crippen LogP contribution in [-0.4, -0.2) is 74.9 Å². The van der Waals surface area contributed by atoms with Crippen LogP contribution in [0.5, 0.6) is 0 Å². The summed E-state index contributed by atoms with van der Waals surface area (Å²) in [6.07, 6.45) is 3.03. The van der Waals surface area contributed by atoms with Gasteiger partial charge in [0.1, 0.15) is 0 Å². The lowest BCUT2D eigenvalue weighted by molar-refractivity contribution is -0.138. The summed E-state index contributed by atoms with van der Waals surface area (Å²) in [6, 6.07) is -0.228. The molecule has 0 aromatic heterocycles. The Hall–Kier alpha value is -0.670. The van der Waals surface area contributed by atoms with Gasteiger partial charge in [0.25, 0.3) is 0 Å². The van der Waals surface area contributed by atoms with Crippen molar-refractivity contribution in [2.45, 2.75) is 52.0 Å². The molecule has 0 saturated carbocycles. The van der Waals surface area contributed by atoms with E-state index in [1.165, 1.54) is 4.31 Å². The number of carbonyl (C=O) groups excluding carboxylic acids is 1. The van der Waals surface area contributed by atoms with Gasteiger partial charge in [0, 0.05) is 31.6 Å². The fraction of sp³-hybridized carbons (Fsp3) is 0.938. The van der Waals surface area contributed by atoms with Crippen LogP contribution in [0.1, 0.15) is 46.0 Å². The Morgan fingerprint density at radius 3 is 2.28 bits per heavy atom. The third-order valence-electron chi connectivity index (χ3n) is 5.23. The van der Waals surface area contributed by atoms with Crippen LogP contribution >= 0.6 is 0 Å². The number of sulfone groups is 1. The van der Waals surface area contributed by atoms with Gasteiger partial charge in [-0.15, -0.1) is 0 Å². The molecule has 2 rings (SSSR count). The molecule has 2 heterocycles. The van der Waals surface area contributed by atoms with Crippen molar-refractivity contribution in [3.05, 3.63) is 0 Å². The maximum Gasteiger partial charge on any atom is 0.226 e. The van der Waals surface area contributed by atoms with Crippen molar-refractivity contribution < 1.29 is 21.6 Å². The summed E-state index contributed by atoms with van der Waals surface area (Å²) in [4.78, 5) is 14.5. The summed E-state index contributed by atoms with van der Waals surface area (Å²) in [7, 11) is -6.26. The van der Waals surface area contributed by atoms with E-state index >= 15 is 0 Å². The molecule has 7 nitrogen and oxygen atoms in total. The highest BCUT2D eigenvalue weighted by Crippen LogP contribution is 2.25. The van der Waals surface area contributed by atoms with Gasteiger partial charge in [-0.3, -0.25) is 4.79 Å². The van der Waals surface area contributed by atoms with Crippen LogP contribution < -0.4 is 0 Å². The van der Waals surface area contributed by atoms with Gasteiger partial charge in [-0.05, 0) is 32.6 Å². The quantitative estimate of drug-likeness (QED) is 0.639. The van der Waals surface area contributed by atoms with Crippen molar-refractivity contribution in [2.75, 3.05) is 36.9 Å². The Kier molecular flexibility index (Phi) is 6.89. The predicted molar refractivity (Wildman–Crippen MR) is 97.4 cm³/mol. The van der Waals surface area contributed by atoms with Gasteiger partial charge >= 0.3 is 0 Å². The predicted octanol–water partition coefficient (Wildman–Crippen LogP) is 0.864. The summed E-state index contributed by atoms with van der Waals surface area (Å²) in [5, 5.41) is 0. The van der Waals surface area contributed by atoms with Crippen LogP contribution in [-0.2, 0) is 24.7 Å². The second kappa shape index (κ2) is 8.35. The smallest absolute Gasteiger partial charge is 0.226 e. The normalized spacial score (nSPS) is 25.1. The van der Waals surface area contributed by atoms with E-state index in [1.54, 1.807) is 4.90 Å². The summed E-state index contributed by atoms with van der Waals surface area (Å²) < 4.78 is 49.4. The second-order valence-electron chi connectivity index (χ2n) is 7.02. The van der Waals surface area contributed by atoms with E-state index in [0.29, 0.717) is 45.3 Å². The molecule has 25 heavy (non-hydrogen) atoms. The van der Waals surface area contributed by atoms with E-state index in [1.807, 2.05) is 13.8 Å². The summed E-state index contributed by atoms with van der Waals surface area (Å²) in [5.74, 6) is 0.145. The third kappa shape index (κ3) is 5.17. The monoisotopic (exact) mass is 394 g/mol. The molecule has 2 aliphatic rings. The van der Waals surface area contributed by atoms with Gasteiger partial charge in [-0.25, -0.2) is 21.1 Å². The van der Waals surface area contributed by atoms with Crippen molar-refractivity contribution in [3.63, 3.8) is 0 Å². The number of sulfonamides is 1. The van der Waals surface area contributed by atoms with E-state index in [-0.39, 0.29) is 35.1 Å². The van der Waals surface area contributed by atoms with Crippen LogP contribution in [0.4, 0.5) is 0 Å². The molecule has 1 atom stereocenters. The minimum atomic E-state index is -3.22. The van der Waals surface area contributed by atoms with Crippen LogP contribution in [0.15, 0.2) is 0 Å². The standard InChI is InChI=1S/C16H30N2O5S2/c1-3-5-11-25(22,23)17-9-6-14(7-10-17)16(19)18(4-2)15-8-12-24(20,21)13-15/h14-15H,3-13H2,1-2H3. The highest BCUT2D eigenvalue weighted by molar-refractivity contribution is 7.91. The van der Waals surface area contributed by atoms with Crippen molar-refractivity contribution in [1.29, 1.82) is 0 Å². The zero-order valence-electron chi connectivity index (χ0n) is 15.2. The lowest BCUT2D eigenvalue weighted by Crippen LogP contribution is -2.48. The molecule has 1 unspecified atom stereocenters. The Morgan fingerprint density at radius 2 is 1.80 bits per heavy atom. The topological polar surface area (TPSA) is 91.8 Å². The molecular formula is C16H30N2O5S2. The number of piperidine rings is 1. The molecule has 146 valence electrons. The first-order chi connectivity index (χ1) is 11.7. The molecular weight excluding hydrogens is 364 g/mol. The molecule has 9 heteroatoms. The maximum absolute atomic E-state index is 12.8. The minimum Gasteiger partial charge on any atom is -0.339 e. The number of nitrogens with zero attached hydrogens (tertiary/aromatic N) is 2. The molecule has 0 aromatic rings. The molecule has 2 saturated heterocycles. The van der Waals surface area contributed by atoms with Crippen molar-refractivity contribution >= 4 is 25.8 Å². The fourth-order valence-corrected chi connectivity index (χ4v) is 7.10. The molecule has 0 radical (unpaired) electrons. The number of carbonyl (C=O) groups is 1. The van der Waals surface area contributed by atoms with E-state index < -0.39 is 19.9 Å². The Balaban J connectivity index is 1.94. The van der Waals surface area contributed by atoms with Crippen molar-refractivity contribution in [3.8, 4) is 0 Å². The summed E-state index contributed by atoms with van der Waals surface area (Å²) in [6.45, 7) is 5.08. The van der Waals surface area contributed by atoms with Gasteiger partial charge < -0.3 is 4.90 Å². The molecule has 2 aliphatic heterocycles. The van der Waals surface area contributed by atoms with Gasteiger partial charge in [-0.1, -0.05) is 13.3 Å². The summed E-state index contributed by atoms with van der Waals surface area (Å²) in [5.41, 5.74) is 0. The Bertz CT molecular complexity index is 667. The first-order valence-electron chi connectivity index (χ1n) is 9.19. The first-order valence-corrected chi connectivity index (χ1v) is 12.6.